The van der Waals surface area contributed by atoms with Crippen LogP contribution in [-0.2, 0) is 15.7 Å². The second-order valence-corrected chi connectivity index (χ2v) is 7.58. The third-order valence-corrected chi connectivity index (χ3v) is 6.14. The molecule has 0 radical (unpaired) electrons. The summed E-state index contributed by atoms with van der Waals surface area (Å²) in [6.45, 7) is 3.04. The molecular formula is C19H23F3N2O2. The van der Waals surface area contributed by atoms with Crippen LogP contribution in [0.1, 0.15) is 29.9 Å². The standard InChI is InChI=1S/C19H23F3N2O2/c1-26-18(25)17-14-9-24(10-15(14)17)16-8-12(19(20,21)22)2-3-13(16)11-4-6-23-7-5-11/h2-3,8,11,14-15,17,23H,4-7,9-10H2,1H3/t14-,15+,17?. The highest BCUT2D eigenvalue weighted by atomic mass is 19.4. The lowest BCUT2D eigenvalue weighted by Crippen LogP contribution is -2.30. The van der Waals surface area contributed by atoms with Gasteiger partial charge >= 0.3 is 12.1 Å². The second kappa shape index (κ2) is 6.44. The molecule has 1 aromatic rings. The van der Waals surface area contributed by atoms with Crippen molar-refractivity contribution in [3.8, 4) is 0 Å². The van der Waals surface area contributed by atoms with Gasteiger partial charge in [0.1, 0.15) is 0 Å². The van der Waals surface area contributed by atoms with Crippen molar-refractivity contribution in [2.24, 2.45) is 17.8 Å². The summed E-state index contributed by atoms with van der Waals surface area (Å²) in [5.41, 5.74) is 1.10. The van der Waals surface area contributed by atoms with Crippen molar-refractivity contribution in [3.05, 3.63) is 29.3 Å². The van der Waals surface area contributed by atoms with E-state index in [1.807, 2.05) is 4.90 Å². The highest BCUT2D eigenvalue weighted by molar-refractivity contribution is 5.77. The molecule has 1 saturated carbocycles. The van der Waals surface area contributed by atoms with Crippen LogP contribution >= 0.6 is 0 Å². The second-order valence-electron chi connectivity index (χ2n) is 7.58. The highest BCUT2D eigenvalue weighted by Gasteiger charge is 2.60. The van der Waals surface area contributed by atoms with Gasteiger partial charge in [-0.1, -0.05) is 6.07 Å². The number of rotatable bonds is 3. The number of alkyl halides is 3. The molecule has 3 aliphatic rings. The first kappa shape index (κ1) is 17.6. The number of methoxy groups -OCH3 is 1. The first-order chi connectivity index (χ1) is 12.4. The molecule has 1 aromatic carbocycles. The maximum absolute atomic E-state index is 13.2. The number of nitrogens with one attached hydrogen (secondary N) is 1. The third kappa shape index (κ3) is 3.06. The number of carbonyl (C=O) groups is 1. The molecular weight excluding hydrogens is 345 g/mol. The van der Waals surface area contributed by atoms with Crippen molar-refractivity contribution >= 4 is 11.7 Å². The summed E-state index contributed by atoms with van der Waals surface area (Å²) in [6.07, 6.45) is -2.48. The molecule has 2 saturated heterocycles. The van der Waals surface area contributed by atoms with E-state index >= 15 is 0 Å². The first-order valence-corrected chi connectivity index (χ1v) is 9.14. The number of anilines is 1. The van der Waals surface area contributed by atoms with Crippen molar-refractivity contribution in [2.75, 3.05) is 38.2 Å². The zero-order valence-electron chi connectivity index (χ0n) is 14.7. The summed E-state index contributed by atoms with van der Waals surface area (Å²) in [5.74, 6) is 0.421. The number of esters is 1. The van der Waals surface area contributed by atoms with Gasteiger partial charge in [-0.3, -0.25) is 4.79 Å². The van der Waals surface area contributed by atoms with Crippen LogP contribution < -0.4 is 10.2 Å². The fourth-order valence-corrected chi connectivity index (χ4v) is 4.68. The summed E-state index contributed by atoms with van der Waals surface area (Å²) in [7, 11) is 1.39. The zero-order chi connectivity index (χ0) is 18.5. The van der Waals surface area contributed by atoms with Crippen molar-refractivity contribution in [1.29, 1.82) is 0 Å². The van der Waals surface area contributed by atoms with Gasteiger partial charge in [-0.05, 0) is 61.4 Å². The molecule has 26 heavy (non-hydrogen) atoms. The summed E-state index contributed by atoms with van der Waals surface area (Å²) in [4.78, 5) is 13.8. The van der Waals surface area contributed by atoms with Gasteiger partial charge in [0.2, 0.25) is 0 Å². The van der Waals surface area contributed by atoms with Gasteiger partial charge < -0.3 is 15.0 Å². The van der Waals surface area contributed by atoms with Crippen LogP contribution in [0.2, 0.25) is 0 Å². The van der Waals surface area contributed by atoms with Crippen LogP contribution in [-0.4, -0.2) is 39.3 Å². The minimum absolute atomic E-state index is 0.0793. The minimum atomic E-state index is -4.35. The van der Waals surface area contributed by atoms with Crippen molar-refractivity contribution in [1.82, 2.24) is 5.32 Å². The van der Waals surface area contributed by atoms with E-state index in [0.717, 1.165) is 31.5 Å². The Bertz CT molecular complexity index is 689. The van der Waals surface area contributed by atoms with E-state index in [4.69, 9.17) is 4.74 Å². The van der Waals surface area contributed by atoms with Gasteiger partial charge in [0.25, 0.3) is 0 Å². The molecule has 2 heterocycles. The predicted octanol–water partition coefficient (Wildman–Crippen LogP) is 3.03. The molecule has 3 atom stereocenters. The number of benzene rings is 1. The van der Waals surface area contributed by atoms with Gasteiger partial charge in [0.05, 0.1) is 18.6 Å². The van der Waals surface area contributed by atoms with Gasteiger partial charge in [-0.2, -0.15) is 13.2 Å². The average Bonchev–Trinajstić information content (AvgIpc) is 3.14. The number of halogens is 3. The Morgan fingerprint density at radius 1 is 1.19 bits per heavy atom. The maximum atomic E-state index is 13.2. The minimum Gasteiger partial charge on any atom is -0.469 e. The van der Waals surface area contributed by atoms with Gasteiger partial charge in [-0.15, -0.1) is 0 Å². The maximum Gasteiger partial charge on any atom is 0.416 e. The fourth-order valence-electron chi connectivity index (χ4n) is 4.68. The molecule has 3 fully saturated rings. The quantitative estimate of drug-likeness (QED) is 0.833. The van der Waals surface area contributed by atoms with E-state index in [2.05, 4.69) is 5.32 Å². The Hall–Kier alpha value is -1.76. The summed E-state index contributed by atoms with van der Waals surface area (Å²) in [6, 6.07) is 4.17. The summed E-state index contributed by atoms with van der Waals surface area (Å²) >= 11 is 0. The Morgan fingerprint density at radius 2 is 1.85 bits per heavy atom. The molecule has 7 heteroatoms. The smallest absolute Gasteiger partial charge is 0.416 e. The van der Waals surface area contributed by atoms with E-state index in [0.29, 0.717) is 18.8 Å². The van der Waals surface area contributed by atoms with Crippen LogP contribution in [0.4, 0.5) is 18.9 Å². The molecule has 1 aliphatic carbocycles. The molecule has 4 rings (SSSR count). The lowest BCUT2D eigenvalue weighted by atomic mass is 9.88. The largest absolute Gasteiger partial charge is 0.469 e. The van der Waals surface area contributed by atoms with Gasteiger partial charge in [-0.25, -0.2) is 0 Å². The van der Waals surface area contributed by atoms with E-state index in [1.165, 1.54) is 19.2 Å². The zero-order valence-corrected chi connectivity index (χ0v) is 14.7. The van der Waals surface area contributed by atoms with E-state index < -0.39 is 11.7 Å². The summed E-state index contributed by atoms with van der Waals surface area (Å²) in [5, 5.41) is 3.30. The summed E-state index contributed by atoms with van der Waals surface area (Å²) < 4.78 is 44.5. The third-order valence-electron chi connectivity index (χ3n) is 6.14. The monoisotopic (exact) mass is 368 g/mol. The molecule has 1 N–H and O–H groups in total. The Morgan fingerprint density at radius 3 is 2.42 bits per heavy atom. The SMILES string of the molecule is COC(=O)C1[C@H]2CN(c3cc(C(F)(F)F)ccc3C3CCNCC3)C[C@@H]12. The number of carbonyl (C=O) groups excluding carboxylic acids is 1. The fraction of sp³-hybridized carbons (Fsp3) is 0.632. The topological polar surface area (TPSA) is 41.6 Å². The van der Waals surface area contributed by atoms with Crippen LogP contribution in [0, 0.1) is 17.8 Å². The van der Waals surface area contributed by atoms with Crippen LogP contribution in [0.15, 0.2) is 18.2 Å². The normalized spacial score (nSPS) is 28.8. The molecule has 0 spiro atoms. The van der Waals surface area contributed by atoms with Crippen molar-refractivity contribution < 1.29 is 22.7 Å². The number of piperidine rings is 2. The molecule has 4 nitrogen and oxygen atoms in total. The van der Waals surface area contributed by atoms with E-state index in [-0.39, 0.29) is 29.6 Å². The first-order valence-electron chi connectivity index (χ1n) is 9.14. The van der Waals surface area contributed by atoms with Crippen LogP contribution in [0.25, 0.3) is 0 Å². The number of fused-ring (bicyclic) bond motifs is 1. The molecule has 2 aliphatic heterocycles. The number of nitrogens with zero attached hydrogens (tertiary/aromatic N) is 1. The van der Waals surface area contributed by atoms with Gasteiger partial charge in [0, 0.05) is 18.8 Å². The molecule has 0 aromatic heterocycles. The number of ether oxygens (including phenoxy) is 1. The molecule has 0 bridgehead atoms. The Balaban J connectivity index is 1.60. The lowest BCUT2D eigenvalue weighted by Gasteiger charge is -2.31. The van der Waals surface area contributed by atoms with Crippen LogP contribution in [0.5, 0.6) is 0 Å². The van der Waals surface area contributed by atoms with Crippen molar-refractivity contribution in [3.63, 3.8) is 0 Å². The van der Waals surface area contributed by atoms with E-state index in [9.17, 15) is 18.0 Å². The Kier molecular flexibility index (Phi) is 4.37. The van der Waals surface area contributed by atoms with Crippen molar-refractivity contribution in [2.45, 2.75) is 24.9 Å². The highest BCUT2D eigenvalue weighted by Crippen LogP contribution is 2.54. The number of hydrogen-bond acceptors (Lipinski definition) is 4. The molecule has 1 unspecified atom stereocenters. The molecule has 0 amide bonds. The Labute approximate surface area is 150 Å². The lowest BCUT2D eigenvalue weighted by molar-refractivity contribution is -0.143. The van der Waals surface area contributed by atoms with Crippen LogP contribution in [0.3, 0.4) is 0 Å². The average molecular weight is 368 g/mol. The van der Waals surface area contributed by atoms with E-state index in [1.54, 1.807) is 6.07 Å². The predicted molar refractivity (Wildman–Crippen MR) is 91.0 cm³/mol. The van der Waals surface area contributed by atoms with Gasteiger partial charge in [0.15, 0.2) is 0 Å². The molecule has 142 valence electrons. The number of hydrogen-bond donors (Lipinski definition) is 1.